The Morgan fingerprint density at radius 3 is 2.35 bits per heavy atom. The third kappa shape index (κ3) is 4.57. The normalized spacial score (nSPS) is 25.2. The number of hydrogen-bond donors (Lipinski definition) is 2. The number of rotatable bonds is 4. The molecule has 1 aromatic rings. The number of amides is 1. The molecule has 1 aromatic carbocycles. The molecule has 3 nitrogen and oxygen atoms in total. The summed E-state index contributed by atoms with van der Waals surface area (Å²) in [6.07, 6.45) is 2.80. The van der Waals surface area contributed by atoms with E-state index in [2.05, 4.69) is 33.0 Å². The average molecular weight is 317 g/mol. The van der Waals surface area contributed by atoms with Crippen LogP contribution in [-0.4, -0.2) is 11.0 Å². The smallest absolute Gasteiger partial charge is 0.227 e. The lowest BCUT2D eigenvalue weighted by atomic mass is 9.64. The van der Waals surface area contributed by atoms with Crippen molar-refractivity contribution in [3.63, 3.8) is 0 Å². The number of carbonyl (C=O) groups is 1. The van der Waals surface area contributed by atoms with Gasteiger partial charge < -0.3 is 10.4 Å². The molecular weight excluding hydrogens is 286 g/mol. The zero-order valence-electron chi connectivity index (χ0n) is 15.1. The predicted octanol–water partition coefficient (Wildman–Crippen LogP) is 4.78. The lowest BCUT2D eigenvalue weighted by molar-refractivity contribution is -0.125. The van der Waals surface area contributed by atoms with Gasteiger partial charge in [0.25, 0.3) is 0 Å². The summed E-state index contributed by atoms with van der Waals surface area (Å²) >= 11 is 0. The SMILES string of the molecule is CC(O)c1ccc(NC(=O)C2CC(C)(C)CCC2C(C)C)cc1. The van der Waals surface area contributed by atoms with Crippen molar-refractivity contribution < 1.29 is 9.90 Å². The second kappa shape index (κ2) is 7.04. The second-order valence-corrected chi connectivity index (χ2v) is 8.21. The van der Waals surface area contributed by atoms with Crippen molar-refractivity contribution in [3.8, 4) is 0 Å². The summed E-state index contributed by atoms with van der Waals surface area (Å²) in [7, 11) is 0. The first kappa shape index (κ1) is 18.0. The minimum Gasteiger partial charge on any atom is -0.389 e. The average Bonchev–Trinajstić information content (AvgIpc) is 2.46. The van der Waals surface area contributed by atoms with Crippen molar-refractivity contribution in [2.75, 3.05) is 5.32 Å². The summed E-state index contributed by atoms with van der Waals surface area (Å²) in [6.45, 7) is 10.7. The van der Waals surface area contributed by atoms with E-state index in [-0.39, 0.29) is 17.2 Å². The molecule has 1 aliphatic rings. The van der Waals surface area contributed by atoms with Crippen LogP contribution in [0.25, 0.3) is 0 Å². The lowest BCUT2D eigenvalue weighted by Crippen LogP contribution is -2.39. The van der Waals surface area contributed by atoms with E-state index in [4.69, 9.17) is 0 Å². The van der Waals surface area contributed by atoms with Crippen LogP contribution in [0, 0.1) is 23.2 Å². The quantitative estimate of drug-likeness (QED) is 0.840. The lowest BCUT2D eigenvalue weighted by Gasteiger charge is -2.41. The molecule has 0 aliphatic heterocycles. The van der Waals surface area contributed by atoms with E-state index in [0.717, 1.165) is 24.1 Å². The van der Waals surface area contributed by atoms with E-state index in [1.165, 1.54) is 6.42 Å². The van der Waals surface area contributed by atoms with Gasteiger partial charge >= 0.3 is 0 Å². The maximum Gasteiger partial charge on any atom is 0.227 e. The third-order valence-electron chi connectivity index (χ3n) is 5.30. The van der Waals surface area contributed by atoms with Gasteiger partial charge in [-0.3, -0.25) is 4.79 Å². The fraction of sp³-hybridized carbons (Fsp3) is 0.650. The minimum atomic E-state index is -0.482. The Hall–Kier alpha value is -1.35. The number of anilines is 1. The zero-order valence-corrected chi connectivity index (χ0v) is 15.1. The summed E-state index contributed by atoms with van der Waals surface area (Å²) in [5, 5.41) is 12.6. The Bertz CT molecular complexity index is 531. The molecule has 1 saturated carbocycles. The van der Waals surface area contributed by atoms with Crippen molar-refractivity contribution in [3.05, 3.63) is 29.8 Å². The van der Waals surface area contributed by atoms with E-state index >= 15 is 0 Å². The van der Waals surface area contributed by atoms with Gasteiger partial charge in [0.1, 0.15) is 0 Å². The molecule has 2 N–H and O–H groups in total. The number of aliphatic hydroxyl groups is 1. The van der Waals surface area contributed by atoms with Crippen LogP contribution in [-0.2, 0) is 4.79 Å². The zero-order chi connectivity index (χ0) is 17.2. The summed E-state index contributed by atoms with van der Waals surface area (Å²) in [5.41, 5.74) is 1.91. The summed E-state index contributed by atoms with van der Waals surface area (Å²) < 4.78 is 0. The first-order chi connectivity index (χ1) is 10.7. The molecule has 1 fully saturated rings. The fourth-order valence-electron chi connectivity index (χ4n) is 3.77. The molecule has 1 amide bonds. The van der Waals surface area contributed by atoms with E-state index in [1.807, 2.05) is 24.3 Å². The molecule has 1 aliphatic carbocycles. The van der Waals surface area contributed by atoms with Crippen molar-refractivity contribution in [1.82, 2.24) is 0 Å². The van der Waals surface area contributed by atoms with E-state index in [1.54, 1.807) is 6.92 Å². The molecule has 3 heteroatoms. The van der Waals surface area contributed by atoms with Crippen molar-refractivity contribution in [2.24, 2.45) is 23.2 Å². The van der Waals surface area contributed by atoms with Crippen molar-refractivity contribution >= 4 is 11.6 Å². The van der Waals surface area contributed by atoms with Gasteiger partial charge in [-0.25, -0.2) is 0 Å². The fourth-order valence-corrected chi connectivity index (χ4v) is 3.77. The van der Waals surface area contributed by atoms with E-state index in [0.29, 0.717) is 11.8 Å². The molecule has 23 heavy (non-hydrogen) atoms. The largest absolute Gasteiger partial charge is 0.389 e. The van der Waals surface area contributed by atoms with Crippen LogP contribution in [0.5, 0.6) is 0 Å². The van der Waals surface area contributed by atoms with Crippen LogP contribution in [0.3, 0.4) is 0 Å². The molecule has 128 valence electrons. The molecule has 0 spiro atoms. The van der Waals surface area contributed by atoms with Gasteiger partial charge in [0.2, 0.25) is 5.91 Å². The minimum absolute atomic E-state index is 0.0789. The number of nitrogens with one attached hydrogen (secondary N) is 1. The van der Waals surface area contributed by atoms with Crippen molar-refractivity contribution in [2.45, 2.75) is 60.0 Å². The standard InChI is InChI=1S/C20H31NO2/c1-13(2)17-10-11-20(4,5)12-18(17)19(23)21-16-8-6-15(7-9-16)14(3)22/h6-9,13-14,17-18,22H,10-12H2,1-5H3,(H,21,23). The van der Waals surface area contributed by atoms with Gasteiger partial charge in [-0.05, 0) is 61.1 Å². The number of hydrogen-bond acceptors (Lipinski definition) is 2. The van der Waals surface area contributed by atoms with Crippen LogP contribution < -0.4 is 5.32 Å². The van der Waals surface area contributed by atoms with Crippen molar-refractivity contribution in [1.29, 1.82) is 0 Å². The monoisotopic (exact) mass is 317 g/mol. The maximum atomic E-state index is 12.8. The highest BCUT2D eigenvalue weighted by atomic mass is 16.3. The molecule has 0 saturated heterocycles. The Kier molecular flexibility index (Phi) is 5.51. The molecular formula is C20H31NO2. The highest BCUT2D eigenvalue weighted by molar-refractivity contribution is 5.92. The van der Waals surface area contributed by atoms with E-state index < -0.39 is 6.10 Å². The summed E-state index contributed by atoms with van der Waals surface area (Å²) in [5.74, 6) is 1.20. The topological polar surface area (TPSA) is 49.3 Å². The Labute approximate surface area is 140 Å². The number of aliphatic hydroxyl groups excluding tert-OH is 1. The first-order valence-electron chi connectivity index (χ1n) is 8.78. The summed E-state index contributed by atoms with van der Waals surface area (Å²) in [6, 6.07) is 7.48. The molecule has 0 radical (unpaired) electrons. The second-order valence-electron chi connectivity index (χ2n) is 8.21. The molecule has 3 atom stereocenters. The molecule has 0 heterocycles. The van der Waals surface area contributed by atoms with Gasteiger partial charge in [-0.1, -0.05) is 39.8 Å². The highest BCUT2D eigenvalue weighted by Gasteiger charge is 2.39. The highest BCUT2D eigenvalue weighted by Crippen LogP contribution is 2.44. The Morgan fingerprint density at radius 1 is 1.22 bits per heavy atom. The van der Waals surface area contributed by atoms with Crippen LogP contribution in [0.2, 0.25) is 0 Å². The maximum absolute atomic E-state index is 12.8. The number of benzene rings is 1. The van der Waals surface area contributed by atoms with Gasteiger partial charge in [0.05, 0.1) is 6.10 Å². The molecule has 0 aromatic heterocycles. The first-order valence-corrected chi connectivity index (χ1v) is 8.78. The van der Waals surface area contributed by atoms with Crippen LogP contribution >= 0.6 is 0 Å². The van der Waals surface area contributed by atoms with Crippen LogP contribution in [0.4, 0.5) is 5.69 Å². The third-order valence-corrected chi connectivity index (χ3v) is 5.30. The van der Waals surface area contributed by atoms with Gasteiger partial charge in [0, 0.05) is 11.6 Å². The van der Waals surface area contributed by atoms with Crippen LogP contribution in [0.1, 0.15) is 65.5 Å². The molecule has 2 rings (SSSR count). The van der Waals surface area contributed by atoms with Gasteiger partial charge in [0.15, 0.2) is 0 Å². The summed E-state index contributed by atoms with van der Waals surface area (Å²) in [4.78, 5) is 12.8. The molecule has 0 bridgehead atoms. The van der Waals surface area contributed by atoms with Gasteiger partial charge in [-0.15, -0.1) is 0 Å². The predicted molar refractivity (Wildman–Crippen MR) is 95.2 cm³/mol. The molecule has 3 unspecified atom stereocenters. The van der Waals surface area contributed by atoms with E-state index in [9.17, 15) is 9.90 Å². The number of carbonyl (C=O) groups excluding carboxylic acids is 1. The Morgan fingerprint density at radius 2 is 1.83 bits per heavy atom. The van der Waals surface area contributed by atoms with Crippen LogP contribution in [0.15, 0.2) is 24.3 Å². The van der Waals surface area contributed by atoms with Gasteiger partial charge in [-0.2, -0.15) is 0 Å². The Balaban J connectivity index is 2.10.